The Morgan fingerprint density at radius 2 is 1.79 bits per heavy atom. The lowest BCUT2D eigenvalue weighted by Crippen LogP contribution is -2.28. The number of methoxy groups -OCH3 is 1. The average Bonchev–Trinajstić information content (AvgIpc) is 2.56. The molecule has 0 aliphatic heterocycles. The van der Waals surface area contributed by atoms with E-state index in [1.54, 1.807) is 0 Å². The fourth-order valence-corrected chi connectivity index (χ4v) is 3.55. The molecule has 1 atom stereocenters. The van der Waals surface area contributed by atoms with E-state index in [9.17, 15) is 22.0 Å². The molecule has 0 amide bonds. The van der Waals surface area contributed by atoms with Gasteiger partial charge < -0.3 is 4.74 Å². The normalized spacial score (nSPS) is 12.7. The van der Waals surface area contributed by atoms with E-state index in [0.717, 1.165) is 19.2 Å². The maximum Gasteiger partial charge on any atom is 0.339 e. The molecule has 0 saturated heterocycles. The molecule has 24 heavy (non-hydrogen) atoms. The number of carbonyl (C=O) groups is 1. The van der Waals surface area contributed by atoms with Gasteiger partial charge in [-0.1, -0.05) is 18.2 Å². The number of rotatable bonds is 5. The van der Waals surface area contributed by atoms with Gasteiger partial charge in [0.1, 0.15) is 0 Å². The lowest BCUT2D eigenvalue weighted by molar-refractivity contribution is 0.0596. The topological polar surface area (TPSA) is 72.5 Å². The van der Waals surface area contributed by atoms with Crippen LogP contribution in [-0.2, 0) is 14.8 Å². The van der Waals surface area contributed by atoms with Gasteiger partial charge in [-0.2, -0.15) is 0 Å². The van der Waals surface area contributed by atoms with Crippen molar-refractivity contribution >= 4 is 16.0 Å². The first-order valence-corrected chi connectivity index (χ1v) is 8.39. The number of nitrogens with one attached hydrogen (secondary N) is 1. The van der Waals surface area contributed by atoms with E-state index in [4.69, 9.17) is 0 Å². The highest BCUT2D eigenvalue weighted by molar-refractivity contribution is 7.89. The van der Waals surface area contributed by atoms with Gasteiger partial charge in [0, 0.05) is 6.04 Å². The van der Waals surface area contributed by atoms with E-state index < -0.39 is 33.7 Å². The number of carbonyl (C=O) groups excluding carboxylic acids is 1. The number of hydrogen-bond acceptors (Lipinski definition) is 4. The molecule has 0 aliphatic rings. The molecule has 0 aromatic heterocycles. The molecule has 0 aliphatic carbocycles. The number of esters is 1. The van der Waals surface area contributed by atoms with Crippen LogP contribution in [0.25, 0.3) is 0 Å². The van der Waals surface area contributed by atoms with E-state index in [-0.39, 0.29) is 16.0 Å². The van der Waals surface area contributed by atoms with Gasteiger partial charge in [-0.15, -0.1) is 0 Å². The molecule has 0 radical (unpaired) electrons. The van der Waals surface area contributed by atoms with Crippen LogP contribution in [0.1, 0.15) is 28.9 Å². The van der Waals surface area contributed by atoms with E-state index in [0.29, 0.717) is 0 Å². The summed E-state index contributed by atoms with van der Waals surface area (Å²) in [4.78, 5) is 11.5. The molecule has 0 unspecified atom stereocenters. The van der Waals surface area contributed by atoms with Crippen LogP contribution >= 0.6 is 0 Å². The van der Waals surface area contributed by atoms with Gasteiger partial charge in [0.2, 0.25) is 10.0 Å². The second-order valence-corrected chi connectivity index (χ2v) is 6.69. The highest BCUT2D eigenvalue weighted by Crippen LogP contribution is 2.21. The minimum absolute atomic E-state index is 0.120. The molecular weight excluding hydrogens is 340 g/mol. The first-order valence-electron chi connectivity index (χ1n) is 6.91. The van der Waals surface area contributed by atoms with Gasteiger partial charge in [0.05, 0.1) is 17.6 Å². The molecule has 0 bridgehead atoms. The summed E-state index contributed by atoms with van der Waals surface area (Å²) in [5.74, 6) is -2.89. The summed E-state index contributed by atoms with van der Waals surface area (Å²) in [6.07, 6.45) is 0. The van der Waals surface area contributed by atoms with E-state index in [2.05, 4.69) is 9.46 Å². The number of hydrogen-bond donors (Lipinski definition) is 1. The summed E-state index contributed by atoms with van der Waals surface area (Å²) in [5, 5.41) is 0. The number of ether oxygens (including phenoxy) is 1. The van der Waals surface area contributed by atoms with Crippen molar-refractivity contribution in [3.63, 3.8) is 0 Å². The second-order valence-electron chi connectivity index (χ2n) is 5.00. The van der Waals surface area contributed by atoms with Crippen LogP contribution in [0.15, 0.2) is 47.4 Å². The summed E-state index contributed by atoms with van der Waals surface area (Å²) in [5.41, 5.74) is 0.123. The molecule has 0 spiro atoms. The predicted octanol–water partition coefficient (Wildman–Crippen LogP) is 2.79. The fourth-order valence-electron chi connectivity index (χ4n) is 2.13. The molecular formula is C16H15F2NO4S. The zero-order valence-corrected chi connectivity index (χ0v) is 13.7. The Balaban J connectivity index is 2.35. The van der Waals surface area contributed by atoms with Crippen molar-refractivity contribution in [1.82, 2.24) is 4.72 Å². The van der Waals surface area contributed by atoms with Crippen molar-refractivity contribution in [1.29, 1.82) is 0 Å². The Morgan fingerprint density at radius 1 is 1.12 bits per heavy atom. The van der Waals surface area contributed by atoms with Crippen molar-refractivity contribution in [2.24, 2.45) is 0 Å². The van der Waals surface area contributed by atoms with Gasteiger partial charge >= 0.3 is 5.97 Å². The minimum Gasteiger partial charge on any atom is -0.465 e. The number of benzene rings is 2. The summed E-state index contributed by atoms with van der Waals surface area (Å²) in [6.45, 7) is 1.48. The van der Waals surface area contributed by atoms with Gasteiger partial charge in [0.15, 0.2) is 11.6 Å². The maximum absolute atomic E-state index is 13.3. The third-order valence-corrected chi connectivity index (χ3v) is 4.96. The third-order valence-electron chi connectivity index (χ3n) is 3.36. The molecule has 0 saturated carbocycles. The van der Waals surface area contributed by atoms with Gasteiger partial charge in [-0.05, 0) is 36.8 Å². The van der Waals surface area contributed by atoms with Crippen molar-refractivity contribution < 1.29 is 26.7 Å². The summed E-state index contributed by atoms with van der Waals surface area (Å²) >= 11 is 0. The zero-order valence-electron chi connectivity index (χ0n) is 12.9. The Hall–Kier alpha value is -2.32. The van der Waals surface area contributed by atoms with Crippen molar-refractivity contribution in [2.75, 3.05) is 7.11 Å². The van der Waals surface area contributed by atoms with Crippen molar-refractivity contribution in [3.8, 4) is 0 Å². The van der Waals surface area contributed by atoms with Crippen LogP contribution in [-0.4, -0.2) is 21.5 Å². The van der Waals surface area contributed by atoms with Crippen LogP contribution < -0.4 is 4.72 Å². The van der Waals surface area contributed by atoms with Crippen molar-refractivity contribution in [2.45, 2.75) is 17.9 Å². The quantitative estimate of drug-likeness (QED) is 0.837. The standard InChI is InChI=1S/C16H15F2NO4S/c1-10(11-7-8-13(17)14(18)9-11)19-24(21,22)15-6-4-3-5-12(15)16(20)23-2/h3-10,19H,1-2H3/t10-/m0/s1. The van der Waals surface area contributed by atoms with Crippen LogP contribution in [0.4, 0.5) is 8.78 Å². The molecule has 8 heteroatoms. The molecule has 2 aromatic rings. The Kier molecular flexibility index (Phi) is 5.30. The minimum atomic E-state index is -4.08. The molecule has 0 fully saturated rings. The number of halogens is 2. The molecule has 2 rings (SSSR count). The first-order chi connectivity index (χ1) is 11.3. The fraction of sp³-hybridized carbons (Fsp3) is 0.188. The Labute approximate surface area is 138 Å². The highest BCUT2D eigenvalue weighted by atomic mass is 32.2. The summed E-state index contributed by atoms with van der Waals surface area (Å²) in [6, 6.07) is 7.81. The SMILES string of the molecule is COC(=O)c1ccccc1S(=O)(=O)N[C@@H](C)c1ccc(F)c(F)c1. The lowest BCUT2D eigenvalue weighted by atomic mass is 10.1. The van der Waals surface area contributed by atoms with Crippen LogP contribution in [0.5, 0.6) is 0 Å². The van der Waals surface area contributed by atoms with E-state index in [1.807, 2.05) is 0 Å². The summed E-state index contributed by atoms with van der Waals surface area (Å²) < 4.78 is 58.2. The molecule has 2 aromatic carbocycles. The smallest absolute Gasteiger partial charge is 0.339 e. The molecule has 0 heterocycles. The van der Waals surface area contributed by atoms with Gasteiger partial charge in [-0.25, -0.2) is 26.7 Å². The van der Waals surface area contributed by atoms with E-state index in [1.165, 1.54) is 37.3 Å². The first kappa shape index (κ1) is 18.0. The average molecular weight is 355 g/mol. The Bertz CT molecular complexity index is 868. The summed E-state index contributed by atoms with van der Waals surface area (Å²) in [7, 11) is -2.94. The molecule has 1 N–H and O–H groups in total. The second kappa shape index (κ2) is 7.06. The maximum atomic E-state index is 13.3. The van der Waals surface area contributed by atoms with Crippen molar-refractivity contribution in [3.05, 3.63) is 65.2 Å². The lowest BCUT2D eigenvalue weighted by Gasteiger charge is -2.16. The zero-order chi connectivity index (χ0) is 17.9. The molecule has 5 nitrogen and oxygen atoms in total. The predicted molar refractivity (Wildman–Crippen MR) is 82.9 cm³/mol. The largest absolute Gasteiger partial charge is 0.465 e. The van der Waals surface area contributed by atoms with Crippen LogP contribution in [0.3, 0.4) is 0 Å². The molecule has 128 valence electrons. The number of sulfonamides is 1. The Morgan fingerprint density at radius 3 is 2.42 bits per heavy atom. The third kappa shape index (κ3) is 3.77. The monoisotopic (exact) mass is 355 g/mol. The van der Waals surface area contributed by atoms with E-state index >= 15 is 0 Å². The van der Waals surface area contributed by atoms with Gasteiger partial charge in [-0.3, -0.25) is 0 Å². The highest BCUT2D eigenvalue weighted by Gasteiger charge is 2.25. The van der Waals surface area contributed by atoms with Crippen LogP contribution in [0.2, 0.25) is 0 Å². The van der Waals surface area contributed by atoms with Crippen LogP contribution in [0, 0.1) is 11.6 Å². The van der Waals surface area contributed by atoms with Gasteiger partial charge in [0.25, 0.3) is 0 Å².